The maximum absolute atomic E-state index is 14.5. The summed E-state index contributed by atoms with van der Waals surface area (Å²) >= 11 is 0. The summed E-state index contributed by atoms with van der Waals surface area (Å²) in [6.45, 7) is 10.6. The molecule has 11 heteroatoms. The third-order valence-electron chi connectivity index (χ3n) is 9.63. The minimum Gasteiger partial charge on any atom is -0.496 e. The van der Waals surface area contributed by atoms with Crippen LogP contribution >= 0.6 is 0 Å². The van der Waals surface area contributed by atoms with Gasteiger partial charge in [0.05, 0.1) is 31.3 Å². The number of aromatic nitrogens is 3. The summed E-state index contributed by atoms with van der Waals surface area (Å²) in [6, 6.07) is 26.0. The minimum atomic E-state index is -0.996. The molecule has 1 aliphatic rings. The monoisotopic (exact) mass is 704 g/mol. The Morgan fingerprint density at radius 2 is 1.40 bits per heavy atom. The van der Waals surface area contributed by atoms with E-state index >= 15 is 0 Å². The lowest BCUT2D eigenvalue weighted by atomic mass is 9.79. The van der Waals surface area contributed by atoms with Gasteiger partial charge in [-0.05, 0) is 115 Å². The Bertz CT molecular complexity index is 1990. The quantitative estimate of drug-likeness (QED) is 0.117. The molecular formula is C41H48N6O5. The molecule has 1 fully saturated rings. The fourth-order valence-corrected chi connectivity index (χ4v) is 7.22. The van der Waals surface area contributed by atoms with Crippen molar-refractivity contribution >= 4 is 17.5 Å². The van der Waals surface area contributed by atoms with Gasteiger partial charge in [0.2, 0.25) is 6.23 Å². The number of nitrogens with one attached hydrogen (secondary N) is 2. The van der Waals surface area contributed by atoms with Crippen molar-refractivity contribution in [3.05, 3.63) is 96.8 Å². The van der Waals surface area contributed by atoms with Gasteiger partial charge in [0.1, 0.15) is 40.7 Å². The lowest BCUT2D eigenvalue weighted by Crippen LogP contribution is -2.66. The average Bonchev–Trinajstić information content (AvgIpc) is 3.66. The summed E-state index contributed by atoms with van der Waals surface area (Å²) in [5.41, 5.74) is 9.06. The molecule has 4 heterocycles. The molecule has 11 nitrogen and oxygen atoms in total. The molecule has 0 aliphatic carbocycles. The molecule has 1 aliphatic heterocycles. The van der Waals surface area contributed by atoms with E-state index in [0.717, 1.165) is 36.1 Å². The summed E-state index contributed by atoms with van der Waals surface area (Å²) in [4.78, 5) is 29.1. The zero-order valence-corrected chi connectivity index (χ0v) is 30.9. The van der Waals surface area contributed by atoms with Crippen LogP contribution in [0.1, 0.15) is 65.7 Å². The SMILES string of the molecule is COc1cc(OC(C(=O)Nc2cccc(-c3ccc(OC(C)c4ccc[nH]4)cc3OC)n2)N2C(C)(C)CCCC2(C)C)ccc1-c1cccc(N)n1. The van der Waals surface area contributed by atoms with E-state index < -0.39 is 6.23 Å². The molecule has 1 amide bonds. The fraction of sp³-hybridized carbons (Fsp3) is 0.341. The highest BCUT2D eigenvalue weighted by Crippen LogP contribution is 2.42. The molecule has 6 rings (SSSR count). The van der Waals surface area contributed by atoms with Gasteiger partial charge in [-0.1, -0.05) is 12.1 Å². The average molecular weight is 705 g/mol. The number of hydrogen-bond acceptors (Lipinski definition) is 9. The van der Waals surface area contributed by atoms with Crippen molar-refractivity contribution in [1.29, 1.82) is 0 Å². The smallest absolute Gasteiger partial charge is 0.282 e. The highest BCUT2D eigenvalue weighted by Gasteiger charge is 2.48. The molecule has 1 saturated heterocycles. The number of rotatable bonds is 12. The van der Waals surface area contributed by atoms with Crippen molar-refractivity contribution in [1.82, 2.24) is 19.9 Å². The van der Waals surface area contributed by atoms with Gasteiger partial charge in [0.25, 0.3) is 5.91 Å². The molecule has 0 radical (unpaired) electrons. The number of ether oxygens (including phenoxy) is 4. The van der Waals surface area contributed by atoms with Gasteiger partial charge in [0.15, 0.2) is 0 Å². The predicted octanol–water partition coefficient (Wildman–Crippen LogP) is 8.26. The van der Waals surface area contributed by atoms with E-state index in [1.807, 2.05) is 79.9 Å². The van der Waals surface area contributed by atoms with Gasteiger partial charge in [-0.15, -0.1) is 0 Å². The van der Waals surface area contributed by atoms with Crippen LogP contribution in [0.5, 0.6) is 23.0 Å². The van der Waals surface area contributed by atoms with Crippen LogP contribution in [0.15, 0.2) is 91.1 Å². The first-order chi connectivity index (χ1) is 24.9. The summed E-state index contributed by atoms with van der Waals surface area (Å²) in [6.07, 6.45) is 3.55. The number of nitrogens with zero attached hydrogens (tertiary/aromatic N) is 3. The second-order valence-corrected chi connectivity index (χ2v) is 14.3. The van der Waals surface area contributed by atoms with E-state index in [1.54, 1.807) is 32.4 Å². The molecule has 2 unspecified atom stereocenters. The van der Waals surface area contributed by atoms with E-state index in [2.05, 4.69) is 47.9 Å². The Kier molecular flexibility index (Phi) is 10.4. The first kappa shape index (κ1) is 36.2. The standard InChI is InChI=1S/C41H48N6O5/c1-26(31-14-10-23-43-31)51-27-17-19-30(34(24-27)49-6)33-13-9-16-37(45-33)46-38(48)39(47-40(2,3)21-11-22-41(47,4)5)52-28-18-20-29(35(25-28)50-7)32-12-8-15-36(42)44-32/h8-10,12-20,23-26,39,43H,11,21-22H2,1-7H3,(H2,42,44)(H,45,46,48). The number of carbonyl (C=O) groups excluding carboxylic acids is 1. The largest absolute Gasteiger partial charge is 0.496 e. The number of hydrogen-bond donors (Lipinski definition) is 3. The van der Waals surface area contributed by atoms with Crippen LogP contribution in [0.2, 0.25) is 0 Å². The molecule has 2 atom stereocenters. The highest BCUT2D eigenvalue weighted by atomic mass is 16.5. The first-order valence-corrected chi connectivity index (χ1v) is 17.5. The number of anilines is 2. The molecule has 5 aromatic rings. The van der Waals surface area contributed by atoms with Crippen LogP contribution in [0.3, 0.4) is 0 Å². The third-order valence-corrected chi connectivity index (χ3v) is 9.63. The molecule has 0 bridgehead atoms. The zero-order chi connectivity index (χ0) is 37.0. The van der Waals surface area contributed by atoms with Gasteiger partial charge >= 0.3 is 0 Å². The van der Waals surface area contributed by atoms with Crippen molar-refractivity contribution in [2.24, 2.45) is 0 Å². The van der Waals surface area contributed by atoms with E-state index in [9.17, 15) is 4.79 Å². The summed E-state index contributed by atoms with van der Waals surface area (Å²) in [5.74, 6) is 2.72. The van der Waals surface area contributed by atoms with Crippen molar-refractivity contribution in [2.45, 2.75) is 77.3 Å². The van der Waals surface area contributed by atoms with Crippen LogP contribution in [0.25, 0.3) is 22.5 Å². The van der Waals surface area contributed by atoms with E-state index in [4.69, 9.17) is 29.7 Å². The predicted molar refractivity (Wildman–Crippen MR) is 204 cm³/mol. The van der Waals surface area contributed by atoms with Gasteiger partial charge in [-0.2, -0.15) is 0 Å². The Hall–Kier alpha value is -5.55. The number of nitrogens with two attached hydrogens (primary N) is 1. The molecule has 52 heavy (non-hydrogen) atoms. The molecule has 272 valence electrons. The number of methoxy groups -OCH3 is 2. The number of likely N-dealkylation sites (tertiary alicyclic amines) is 1. The van der Waals surface area contributed by atoms with E-state index in [1.165, 1.54) is 0 Å². The van der Waals surface area contributed by atoms with Crippen LogP contribution in [0, 0.1) is 0 Å². The maximum Gasteiger partial charge on any atom is 0.282 e. The molecular weight excluding hydrogens is 656 g/mol. The maximum atomic E-state index is 14.5. The van der Waals surface area contributed by atoms with Gasteiger partial charge in [0, 0.05) is 40.5 Å². The molecule has 0 spiro atoms. The number of piperidine rings is 1. The van der Waals surface area contributed by atoms with Crippen LogP contribution in [-0.2, 0) is 4.79 Å². The summed E-state index contributed by atoms with van der Waals surface area (Å²) < 4.78 is 24.3. The van der Waals surface area contributed by atoms with Crippen molar-refractivity contribution in [3.8, 4) is 45.5 Å². The van der Waals surface area contributed by atoms with Crippen LogP contribution in [-0.4, -0.2) is 57.3 Å². The van der Waals surface area contributed by atoms with E-state index in [-0.39, 0.29) is 23.1 Å². The third kappa shape index (κ3) is 7.84. The second kappa shape index (κ2) is 15.0. The first-order valence-electron chi connectivity index (χ1n) is 17.5. The Morgan fingerprint density at radius 3 is 1.98 bits per heavy atom. The Morgan fingerprint density at radius 1 is 0.808 bits per heavy atom. The molecule has 0 saturated carbocycles. The Labute approximate surface area is 305 Å². The number of amides is 1. The molecule has 4 N–H and O–H groups in total. The number of aromatic amines is 1. The number of benzene rings is 2. The minimum absolute atomic E-state index is 0.175. The summed E-state index contributed by atoms with van der Waals surface area (Å²) in [5, 5.41) is 3.07. The second-order valence-electron chi connectivity index (χ2n) is 14.3. The van der Waals surface area contributed by atoms with Crippen LogP contribution < -0.4 is 30.0 Å². The topological polar surface area (TPSA) is 137 Å². The van der Waals surface area contributed by atoms with Crippen molar-refractivity contribution in [3.63, 3.8) is 0 Å². The molecule has 2 aromatic carbocycles. The van der Waals surface area contributed by atoms with Crippen molar-refractivity contribution < 1.29 is 23.7 Å². The number of pyridine rings is 2. The van der Waals surface area contributed by atoms with Crippen molar-refractivity contribution in [2.75, 3.05) is 25.3 Å². The number of carbonyl (C=O) groups is 1. The van der Waals surface area contributed by atoms with Crippen LogP contribution in [0.4, 0.5) is 11.6 Å². The van der Waals surface area contributed by atoms with Gasteiger partial charge in [-0.3, -0.25) is 9.69 Å². The zero-order valence-electron chi connectivity index (χ0n) is 30.9. The number of nitrogen functional groups attached to an aromatic ring is 1. The lowest BCUT2D eigenvalue weighted by Gasteiger charge is -2.54. The lowest BCUT2D eigenvalue weighted by molar-refractivity contribution is -0.156. The van der Waals surface area contributed by atoms with E-state index in [0.29, 0.717) is 46.0 Å². The normalized spacial score (nSPS) is 16.4. The number of H-pyrrole nitrogens is 1. The van der Waals surface area contributed by atoms with Gasteiger partial charge < -0.3 is 35.0 Å². The Balaban J connectivity index is 1.29. The fourth-order valence-electron chi connectivity index (χ4n) is 7.22. The van der Waals surface area contributed by atoms with Gasteiger partial charge in [-0.25, -0.2) is 9.97 Å². The molecule has 3 aromatic heterocycles. The summed E-state index contributed by atoms with van der Waals surface area (Å²) in [7, 11) is 3.20. The highest BCUT2D eigenvalue weighted by molar-refractivity contribution is 5.94.